The largest absolute Gasteiger partial charge is 0.319 e. The third-order valence-corrected chi connectivity index (χ3v) is 5.24. The van der Waals surface area contributed by atoms with Gasteiger partial charge in [0.1, 0.15) is 5.54 Å². The number of hydrogen-bond donors (Lipinski definition) is 0. The van der Waals surface area contributed by atoms with E-state index in [0.29, 0.717) is 0 Å². The van der Waals surface area contributed by atoms with Crippen molar-refractivity contribution in [2.24, 2.45) is 0 Å². The molecule has 1 heterocycles. The highest BCUT2D eigenvalue weighted by molar-refractivity contribution is 5.51. The first-order chi connectivity index (χ1) is 13.2. The molecule has 4 rings (SSSR count). The van der Waals surface area contributed by atoms with Crippen LogP contribution >= 0.6 is 0 Å². The van der Waals surface area contributed by atoms with Gasteiger partial charge in [0.25, 0.3) is 0 Å². The molecule has 2 heteroatoms. The average Bonchev–Trinajstić information content (AvgIpc) is 3.21. The Morgan fingerprint density at radius 3 is 1.74 bits per heavy atom. The molecule has 134 valence electrons. The lowest BCUT2D eigenvalue weighted by atomic mass is 9.76. The third-order valence-electron chi connectivity index (χ3n) is 5.24. The van der Waals surface area contributed by atoms with Crippen LogP contribution in [0.5, 0.6) is 0 Å². The van der Waals surface area contributed by atoms with Gasteiger partial charge in [0.05, 0.1) is 12.0 Å². The summed E-state index contributed by atoms with van der Waals surface area (Å²) in [6, 6.07) is 30.3. The van der Waals surface area contributed by atoms with Crippen LogP contribution in [0.2, 0.25) is 0 Å². The Hall–Kier alpha value is -3.13. The lowest BCUT2D eigenvalue weighted by Crippen LogP contribution is -2.37. The molecule has 0 atom stereocenters. The fourth-order valence-corrected chi connectivity index (χ4v) is 3.83. The van der Waals surface area contributed by atoms with Gasteiger partial charge in [-0.25, -0.2) is 4.98 Å². The second-order valence-electron chi connectivity index (χ2n) is 6.93. The zero-order valence-corrected chi connectivity index (χ0v) is 15.8. The number of rotatable bonds is 5. The van der Waals surface area contributed by atoms with Gasteiger partial charge in [0.2, 0.25) is 0 Å². The number of benzene rings is 3. The van der Waals surface area contributed by atoms with Crippen LogP contribution in [-0.4, -0.2) is 9.55 Å². The molecule has 0 N–H and O–H groups in total. The van der Waals surface area contributed by atoms with Gasteiger partial charge >= 0.3 is 0 Å². The maximum Gasteiger partial charge on any atom is 0.121 e. The standard InChI is InChI=1S/C25H24N2/c1-3-24-18-27(19-26-24)25(21-10-6-4-7-11-21,22-12-8-5-9-13-22)23-16-14-20(2)15-17-23/h4-19H,3H2,1-2H3. The SMILES string of the molecule is CCc1cn(C(c2ccccc2)(c2ccccc2)c2ccc(C)cc2)cn1. The topological polar surface area (TPSA) is 17.8 Å². The molecule has 0 aliphatic rings. The predicted octanol–water partition coefficient (Wildman–Crippen LogP) is 5.59. The molecule has 0 radical (unpaired) electrons. The molecule has 4 aromatic rings. The minimum Gasteiger partial charge on any atom is -0.319 e. The molecule has 0 saturated carbocycles. The van der Waals surface area contributed by atoms with Crippen LogP contribution in [0.4, 0.5) is 0 Å². The molecule has 0 fully saturated rings. The van der Waals surface area contributed by atoms with Crippen molar-refractivity contribution < 1.29 is 0 Å². The van der Waals surface area contributed by atoms with Crippen molar-refractivity contribution in [3.8, 4) is 0 Å². The van der Waals surface area contributed by atoms with Gasteiger partial charge in [0.15, 0.2) is 0 Å². The van der Waals surface area contributed by atoms with Gasteiger partial charge < -0.3 is 4.57 Å². The summed E-state index contributed by atoms with van der Waals surface area (Å²) in [5, 5.41) is 0. The molecule has 0 spiro atoms. The quantitative estimate of drug-likeness (QED) is 0.428. The minimum atomic E-state index is -0.462. The fourth-order valence-electron chi connectivity index (χ4n) is 3.83. The molecule has 0 bridgehead atoms. The second-order valence-corrected chi connectivity index (χ2v) is 6.93. The van der Waals surface area contributed by atoms with Crippen LogP contribution in [-0.2, 0) is 12.0 Å². The Morgan fingerprint density at radius 1 is 0.741 bits per heavy atom. The van der Waals surface area contributed by atoms with Crippen molar-refractivity contribution in [1.82, 2.24) is 9.55 Å². The first-order valence-corrected chi connectivity index (χ1v) is 9.46. The summed E-state index contributed by atoms with van der Waals surface area (Å²) in [7, 11) is 0. The summed E-state index contributed by atoms with van der Waals surface area (Å²) in [6.07, 6.45) is 5.07. The lowest BCUT2D eigenvalue weighted by molar-refractivity contribution is 0.514. The minimum absolute atomic E-state index is 0.462. The highest BCUT2D eigenvalue weighted by Crippen LogP contribution is 2.40. The summed E-state index contributed by atoms with van der Waals surface area (Å²) >= 11 is 0. The van der Waals surface area contributed by atoms with Gasteiger partial charge in [-0.3, -0.25) is 0 Å². The number of hydrogen-bond acceptors (Lipinski definition) is 1. The molecule has 0 unspecified atom stereocenters. The van der Waals surface area contributed by atoms with E-state index < -0.39 is 5.54 Å². The summed E-state index contributed by atoms with van der Waals surface area (Å²) < 4.78 is 2.27. The predicted molar refractivity (Wildman–Crippen MR) is 111 cm³/mol. The van der Waals surface area contributed by atoms with Crippen LogP contribution in [0.3, 0.4) is 0 Å². The monoisotopic (exact) mass is 352 g/mol. The maximum absolute atomic E-state index is 4.66. The first-order valence-electron chi connectivity index (χ1n) is 9.46. The van der Waals surface area contributed by atoms with E-state index in [4.69, 9.17) is 0 Å². The van der Waals surface area contributed by atoms with E-state index >= 15 is 0 Å². The van der Waals surface area contributed by atoms with Crippen molar-refractivity contribution in [1.29, 1.82) is 0 Å². The van der Waals surface area contributed by atoms with E-state index in [1.807, 2.05) is 6.33 Å². The molecule has 3 aromatic carbocycles. The average molecular weight is 352 g/mol. The number of nitrogens with zero attached hydrogens (tertiary/aromatic N) is 2. The van der Waals surface area contributed by atoms with Gasteiger partial charge in [-0.1, -0.05) is 97.4 Å². The summed E-state index contributed by atoms with van der Waals surface area (Å²) in [6.45, 7) is 4.27. The molecule has 0 aliphatic heterocycles. The van der Waals surface area contributed by atoms with E-state index in [2.05, 4.69) is 115 Å². The van der Waals surface area contributed by atoms with Gasteiger partial charge in [-0.15, -0.1) is 0 Å². The molecular formula is C25H24N2. The lowest BCUT2D eigenvalue weighted by Gasteiger charge is -2.37. The third kappa shape index (κ3) is 2.97. The summed E-state index contributed by atoms with van der Waals surface area (Å²) in [5.74, 6) is 0. The zero-order valence-electron chi connectivity index (χ0n) is 15.8. The van der Waals surface area contributed by atoms with Crippen LogP contribution in [0.15, 0.2) is 97.5 Å². The van der Waals surface area contributed by atoms with Gasteiger partial charge in [0, 0.05) is 6.20 Å². The molecule has 0 amide bonds. The van der Waals surface area contributed by atoms with E-state index in [9.17, 15) is 0 Å². The van der Waals surface area contributed by atoms with Crippen molar-refractivity contribution in [3.05, 3.63) is 125 Å². The number of aromatic nitrogens is 2. The molecule has 2 nitrogen and oxygen atoms in total. The van der Waals surface area contributed by atoms with E-state index in [-0.39, 0.29) is 0 Å². The van der Waals surface area contributed by atoms with E-state index in [0.717, 1.165) is 12.1 Å². The van der Waals surface area contributed by atoms with Crippen molar-refractivity contribution in [2.45, 2.75) is 25.8 Å². The van der Waals surface area contributed by atoms with Crippen LogP contribution in [0, 0.1) is 6.92 Å². The first kappa shape index (κ1) is 17.3. The maximum atomic E-state index is 4.66. The van der Waals surface area contributed by atoms with Crippen LogP contribution in [0.25, 0.3) is 0 Å². The Kier molecular flexibility index (Phi) is 4.64. The second kappa shape index (κ2) is 7.24. The molecular weight excluding hydrogens is 328 g/mol. The Labute approximate surface area is 161 Å². The van der Waals surface area contributed by atoms with Crippen molar-refractivity contribution in [2.75, 3.05) is 0 Å². The summed E-state index contributed by atoms with van der Waals surface area (Å²) in [4.78, 5) is 4.66. The highest BCUT2D eigenvalue weighted by atomic mass is 15.1. The molecule has 0 aliphatic carbocycles. The number of imidazole rings is 1. The smallest absolute Gasteiger partial charge is 0.121 e. The van der Waals surface area contributed by atoms with E-state index in [1.54, 1.807) is 0 Å². The van der Waals surface area contributed by atoms with Crippen molar-refractivity contribution in [3.63, 3.8) is 0 Å². The number of aryl methyl sites for hydroxylation is 2. The normalized spacial score (nSPS) is 11.5. The Bertz CT molecular complexity index is 960. The Balaban J connectivity index is 2.10. The summed E-state index contributed by atoms with van der Waals surface area (Å²) in [5.41, 5.74) is 5.56. The van der Waals surface area contributed by atoms with E-state index in [1.165, 1.54) is 22.3 Å². The molecule has 27 heavy (non-hydrogen) atoms. The fraction of sp³-hybridized carbons (Fsp3) is 0.160. The van der Waals surface area contributed by atoms with Gasteiger partial charge in [-0.2, -0.15) is 0 Å². The van der Waals surface area contributed by atoms with Crippen molar-refractivity contribution >= 4 is 0 Å². The van der Waals surface area contributed by atoms with Gasteiger partial charge in [-0.05, 0) is 30.0 Å². The van der Waals surface area contributed by atoms with Crippen LogP contribution < -0.4 is 0 Å². The Morgan fingerprint density at radius 2 is 1.26 bits per heavy atom. The highest BCUT2D eigenvalue weighted by Gasteiger charge is 2.38. The molecule has 0 saturated heterocycles. The zero-order chi connectivity index (χ0) is 18.7. The molecule has 1 aromatic heterocycles. The van der Waals surface area contributed by atoms with Crippen LogP contribution in [0.1, 0.15) is 34.9 Å².